The Balaban J connectivity index is 1.61. The second kappa shape index (κ2) is 5.69. The third-order valence-corrected chi connectivity index (χ3v) is 5.87. The van der Waals surface area contributed by atoms with Crippen molar-refractivity contribution < 1.29 is 9.00 Å². The van der Waals surface area contributed by atoms with Crippen molar-refractivity contribution in [2.75, 3.05) is 22.6 Å². The quantitative estimate of drug-likeness (QED) is 0.768. The van der Waals surface area contributed by atoms with Crippen molar-refractivity contribution in [1.82, 2.24) is 10.3 Å². The van der Waals surface area contributed by atoms with E-state index < -0.39 is 10.8 Å². The van der Waals surface area contributed by atoms with Crippen LogP contribution in [0.5, 0.6) is 0 Å². The Morgan fingerprint density at radius 3 is 2.60 bits per heavy atom. The first-order valence-corrected chi connectivity index (χ1v) is 9.11. The van der Waals surface area contributed by atoms with Crippen molar-refractivity contribution in [2.45, 2.75) is 37.8 Å². The highest BCUT2D eigenvalue weighted by Gasteiger charge is 2.25. The Morgan fingerprint density at radius 2 is 1.95 bits per heavy atom. The van der Waals surface area contributed by atoms with Crippen molar-refractivity contribution in [3.8, 4) is 0 Å². The molecule has 6 nitrogen and oxygen atoms in total. The van der Waals surface area contributed by atoms with Crippen LogP contribution in [-0.2, 0) is 10.8 Å². The largest absolute Gasteiger partial charge is 0.382 e. The van der Waals surface area contributed by atoms with Gasteiger partial charge in [0.2, 0.25) is 0 Å². The molecule has 1 saturated heterocycles. The molecule has 0 aromatic carbocycles. The monoisotopic (exact) mass is 314 g/mol. The molecular formula is C12H18N4O2S2. The van der Waals surface area contributed by atoms with Gasteiger partial charge in [0.25, 0.3) is 5.91 Å². The van der Waals surface area contributed by atoms with Crippen molar-refractivity contribution in [1.29, 1.82) is 0 Å². The van der Waals surface area contributed by atoms with E-state index in [1.807, 2.05) is 0 Å². The Bertz CT molecular complexity index is 532. The molecule has 1 aromatic rings. The minimum atomic E-state index is -0.716. The standard InChI is InChI=1S/C12H18N4O2S2/c13-10-9(19-12(16-10)15-7-1-2-7)11(17)14-8-3-5-20(18)6-4-8/h7-8H,1-6,13H2,(H,14,17)(H,15,16). The molecule has 0 unspecified atom stereocenters. The van der Waals surface area contributed by atoms with Gasteiger partial charge in [-0.3, -0.25) is 9.00 Å². The lowest BCUT2D eigenvalue weighted by atomic mass is 10.1. The molecule has 1 saturated carbocycles. The zero-order chi connectivity index (χ0) is 14.1. The summed E-state index contributed by atoms with van der Waals surface area (Å²) in [6, 6.07) is 0.589. The third-order valence-electron chi connectivity index (χ3n) is 3.49. The fraction of sp³-hybridized carbons (Fsp3) is 0.667. The van der Waals surface area contributed by atoms with Gasteiger partial charge >= 0.3 is 0 Å². The number of amides is 1. The van der Waals surface area contributed by atoms with Crippen LogP contribution in [0.1, 0.15) is 35.4 Å². The minimum absolute atomic E-state index is 0.0986. The summed E-state index contributed by atoms with van der Waals surface area (Å²) in [5, 5.41) is 6.94. The summed E-state index contributed by atoms with van der Waals surface area (Å²) >= 11 is 1.31. The highest BCUT2D eigenvalue weighted by molar-refractivity contribution is 7.85. The summed E-state index contributed by atoms with van der Waals surface area (Å²) in [7, 11) is -0.716. The first-order valence-electron chi connectivity index (χ1n) is 6.80. The van der Waals surface area contributed by atoms with Crippen molar-refractivity contribution in [2.24, 2.45) is 0 Å². The Hall–Kier alpha value is -1.15. The minimum Gasteiger partial charge on any atom is -0.382 e. The molecule has 1 amide bonds. The van der Waals surface area contributed by atoms with Gasteiger partial charge in [-0.1, -0.05) is 11.3 Å². The molecule has 1 aliphatic heterocycles. The molecule has 0 bridgehead atoms. The lowest BCUT2D eigenvalue weighted by Crippen LogP contribution is -2.39. The van der Waals surface area contributed by atoms with Crippen LogP contribution in [0, 0.1) is 0 Å². The summed E-state index contributed by atoms with van der Waals surface area (Å²) in [6.07, 6.45) is 3.84. The second-order valence-corrected chi connectivity index (χ2v) is 7.94. The predicted molar refractivity (Wildman–Crippen MR) is 81.5 cm³/mol. The van der Waals surface area contributed by atoms with Gasteiger partial charge in [0.05, 0.1) is 0 Å². The van der Waals surface area contributed by atoms with E-state index in [1.165, 1.54) is 11.3 Å². The van der Waals surface area contributed by atoms with Crippen LogP contribution >= 0.6 is 11.3 Å². The first kappa shape index (κ1) is 13.8. The van der Waals surface area contributed by atoms with Crippen LogP contribution in [0.2, 0.25) is 0 Å². The van der Waals surface area contributed by atoms with E-state index in [4.69, 9.17) is 5.73 Å². The summed E-state index contributed by atoms with van der Waals surface area (Å²) in [6.45, 7) is 0. The van der Waals surface area contributed by atoms with E-state index >= 15 is 0 Å². The predicted octanol–water partition coefficient (Wildman–Crippen LogP) is 0.940. The Kier molecular flexibility index (Phi) is 3.93. The maximum atomic E-state index is 12.2. The van der Waals surface area contributed by atoms with Crippen molar-refractivity contribution in [3.63, 3.8) is 0 Å². The molecular weight excluding hydrogens is 296 g/mol. The topological polar surface area (TPSA) is 97.1 Å². The molecule has 1 aromatic heterocycles. The van der Waals surface area contributed by atoms with Crippen molar-refractivity contribution >= 4 is 39.0 Å². The average molecular weight is 314 g/mol. The Labute approximate surface area is 124 Å². The summed E-state index contributed by atoms with van der Waals surface area (Å²) in [4.78, 5) is 16.9. The number of carbonyl (C=O) groups excluding carboxylic acids is 1. The van der Waals surface area contributed by atoms with Crippen LogP contribution in [0.25, 0.3) is 0 Å². The number of nitrogens with two attached hydrogens (primary N) is 1. The molecule has 0 radical (unpaired) electrons. The maximum absolute atomic E-state index is 12.2. The Morgan fingerprint density at radius 1 is 1.25 bits per heavy atom. The van der Waals surface area contributed by atoms with Gasteiger partial charge in [-0.25, -0.2) is 4.98 Å². The lowest BCUT2D eigenvalue weighted by molar-refractivity contribution is 0.0939. The number of carbonyl (C=O) groups is 1. The van der Waals surface area contributed by atoms with Gasteiger partial charge in [0.15, 0.2) is 5.13 Å². The molecule has 3 rings (SSSR count). The average Bonchev–Trinajstić information content (AvgIpc) is 3.14. The smallest absolute Gasteiger partial charge is 0.265 e. The summed E-state index contributed by atoms with van der Waals surface area (Å²) in [5.74, 6) is 1.45. The van der Waals surface area contributed by atoms with Gasteiger partial charge < -0.3 is 16.4 Å². The third kappa shape index (κ3) is 3.29. The van der Waals surface area contributed by atoms with Crippen LogP contribution in [0.3, 0.4) is 0 Å². The number of hydrogen-bond donors (Lipinski definition) is 3. The number of nitrogens with one attached hydrogen (secondary N) is 2. The summed E-state index contributed by atoms with van der Waals surface area (Å²) < 4.78 is 11.3. The molecule has 4 N–H and O–H groups in total. The van der Waals surface area contributed by atoms with E-state index in [1.54, 1.807) is 0 Å². The van der Waals surface area contributed by atoms with E-state index in [9.17, 15) is 9.00 Å². The number of hydrogen-bond acceptors (Lipinski definition) is 6. The van der Waals surface area contributed by atoms with Crippen LogP contribution in [0.15, 0.2) is 0 Å². The summed E-state index contributed by atoms with van der Waals surface area (Å²) in [5.41, 5.74) is 5.82. The van der Waals surface area contributed by atoms with Gasteiger partial charge in [0.1, 0.15) is 10.7 Å². The zero-order valence-corrected chi connectivity index (χ0v) is 12.7. The number of thiazole rings is 1. The number of nitrogens with zero attached hydrogens (tertiary/aromatic N) is 1. The molecule has 2 heterocycles. The van der Waals surface area contributed by atoms with Crippen LogP contribution in [-0.4, -0.2) is 38.7 Å². The van der Waals surface area contributed by atoms with E-state index in [2.05, 4.69) is 15.6 Å². The van der Waals surface area contributed by atoms with E-state index in [0.29, 0.717) is 22.4 Å². The highest BCUT2D eigenvalue weighted by atomic mass is 32.2. The SMILES string of the molecule is Nc1nc(NC2CC2)sc1C(=O)NC1CCS(=O)CC1. The maximum Gasteiger partial charge on any atom is 0.265 e. The highest BCUT2D eigenvalue weighted by Crippen LogP contribution is 2.30. The van der Waals surface area contributed by atoms with E-state index in [-0.39, 0.29) is 17.8 Å². The lowest BCUT2D eigenvalue weighted by Gasteiger charge is -2.22. The molecule has 2 aliphatic rings. The van der Waals surface area contributed by atoms with Crippen molar-refractivity contribution in [3.05, 3.63) is 4.88 Å². The number of aromatic nitrogens is 1. The normalized spacial score (nSPS) is 26.2. The van der Waals surface area contributed by atoms with E-state index in [0.717, 1.165) is 30.8 Å². The van der Waals surface area contributed by atoms with Gasteiger partial charge in [-0.15, -0.1) is 0 Å². The molecule has 0 atom stereocenters. The number of rotatable bonds is 4. The molecule has 8 heteroatoms. The molecule has 110 valence electrons. The molecule has 0 spiro atoms. The van der Waals surface area contributed by atoms with Crippen LogP contribution in [0.4, 0.5) is 10.9 Å². The van der Waals surface area contributed by atoms with Gasteiger partial charge in [-0.2, -0.15) is 0 Å². The first-order chi connectivity index (χ1) is 9.61. The molecule has 2 fully saturated rings. The number of anilines is 2. The molecule has 20 heavy (non-hydrogen) atoms. The zero-order valence-electron chi connectivity index (χ0n) is 11.1. The number of nitrogen functional groups attached to an aromatic ring is 1. The fourth-order valence-corrected chi connectivity index (χ4v) is 4.31. The molecule has 1 aliphatic carbocycles. The fourth-order valence-electron chi connectivity index (χ4n) is 2.15. The van der Waals surface area contributed by atoms with Crippen LogP contribution < -0.4 is 16.4 Å². The second-order valence-electron chi connectivity index (χ2n) is 5.25. The van der Waals surface area contributed by atoms with Gasteiger partial charge in [-0.05, 0) is 25.7 Å². The van der Waals surface area contributed by atoms with Gasteiger partial charge in [0, 0.05) is 34.4 Å².